The van der Waals surface area contributed by atoms with Crippen LogP contribution in [0.25, 0.3) is 11.0 Å². The average Bonchev–Trinajstić information content (AvgIpc) is 3.35. The first-order valence-corrected chi connectivity index (χ1v) is 9.68. The van der Waals surface area contributed by atoms with E-state index in [1.807, 2.05) is 13.0 Å². The molecule has 3 heterocycles. The molecule has 6 nitrogen and oxygen atoms in total. The molecule has 0 radical (unpaired) electrons. The van der Waals surface area contributed by atoms with Crippen molar-refractivity contribution in [2.75, 3.05) is 13.2 Å². The maximum absolute atomic E-state index is 12.7. The first kappa shape index (κ1) is 18.7. The molecule has 28 heavy (non-hydrogen) atoms. The predicted molar refractivity (Wildman–Crippen MR) is 105 cm³/mol. The summed E-state index contributed by atoms with van der Waals surface area (Å²) in [7, 11) is 0. The number of furan rings is 1. The standard InChI is InChI=1S/C22H26N2O4/c1-12-5-13(2)21-17(10-27-22(21)15(12)4)8-20(25)23-19-11-26-9-16(19)7-18-6-14(3)24-28-18/h5-6,10,16,19H,7-9,11H2,1-4H3,(H,23,25). The van der Waals surface area contributed by atoms with Gasteiger partial charge in [-0.05, 0) is 44.4 Å². The van der Waals surface area contributed by atoms with E-state index in [-0.39, 0.29) is 17.9 Å². The lowest BCUT2D eigenvalue weighted by atomic mass is 9.97. The van der Waals surface area contributed by atoms with Crippen molar-refractivity contribution in [2.24, 2.45) is 5.92 Å². The van der Waals surface area contributed by atoms with Crippen LogP contribution in [0.15, 0.2) is 27.3 Å². The number of aromatic nitrogens is 1. The van der Waals surface area contributed by atoms with E-state index in [0.29, 0.717) is 26.1 Å². The number of fused-ring (bicyclic) bond motifs is 1. The molecule has 0 spiro atoms. The normalized spacial score (nSPS) is 19.4. The van der Waals surface area contributed by atoms with E-state index in [4.69, 9.17) is 13.7 Å². The van der Waals surface area contributed by atoms with Crippen LogP contribution in [-0.4, -0.2) is 30.3 Å². The summed E-state index contributed by atoms with van der Waals surface area (Å²) in [6.45, 7) is 9.22. The number of hydrogen-bond acceptors (Lipinski definition) is 5. The van der Waals surface area contributed by atoms with Crippen molar-refractivity contribution in [3.63, 3.8) is 0 Å². The Kier molecular flexibility index (Phi) is 4.98. The summed E-state index contributed by atoms with van der Waals surface area (Å²) < 4.78 is 16.7. The second-order valence-corrected chi connectivity index (χ2v) is 7.89. The highest BCUT2D eigenvalue weighted by molar-refractivity contribution is 5.92. The minimum absolute atomic E-state index is 0.0189. The monoisotopic (exact) mass is 382 g/mol. The van der Waals surface area contributed by atoms with Crippen LogP contribution in [-0.2, 0) is 22.4 Å². The minimum Gasteiger partial charge on any atom is -0.464 e. The molecule has 4 rings (SSSR count). The fourth-order valence-corrected chi connectivity index (χ4v) is 4.08. The molecule has 3 aromatic rings. The number of hydrogen-bond donors (Lipinski definition) is 1. The molecule has 2 unspecified atom stereocenters. The van der Waals surface area contributed by atoms with Crippen LogP contribution in [0.2, 0.25) is 0 Å². The molecular formula is C22H26N2O4. The van der Waals surface area contributed by atoms with Gasteiger partial charge in [0.25, 0.3) is 0 Å². The molecule has 1 saturated heterocycles. The quantitative estimate of drug-likeness (QED) is 0.730. The van der Waals surface area contributed by atoms with E-state index in [0.717, 1.165) is 39.1 Å². The lowest BCUT2D eigenvalue weighted by molar-refractivity contribution is -0.121. The van der Waals surface area contributed by atoms with E-state index in [9.17, 15) is 4.79 Å². The van der Waals surface area contributed by atoms with E-state index in [1.54, 1.807) is 6.26 Å². The first-order chi connectivity index (χ1) is 13.4. The summed E-state index contributed by atoms with van der Waals surface area (Å²) in [5.41, 5.74) is 6.12. The van der Waals surface area contributed by atoms with Gasteiger partial charge in [0.1, 0.15) is 11.3 Å². The Morgan fingerprint density at radius 1 is 1.18 bits per heavy atom. The van der Waals surface area contributed by atoms with Gasteiger partial charge in [-0.2, -0.15) is 0 Å². The number of amides is 1. The molecule has 2 atom stereocenters. The Morgan fingerprint density at radius 2 is 2.00 bits per heavy atom. The molecule has 2 aromatic heterocycles. The Hall–Kier alpha value is -2.60. The number of carbonyl (C=O) groups is 1. The summed E-state index contributed by atoms with van der Waals surface area (Å²) in [5.74, 6) is 0.994. The van der Waals surface area contributed by atoms with Crippen LogP contribution in [0, 0.1) is 33.6 Å². The van der Waals surface area contributed by atoms with Gasteiger partial charge in [0.15, 0.2) is 0 Å². The largest absolute Gasteiger partial charge is 0.464 e. The van der Waals surface area contributed by atoms with Gasteiger partial charge in [0.2, 0.25) is 5.91 Å². The van der Waals surface area contributed by atoms with Gasteiger partial charge in [-0.3, -0.25) is 4.79 Å². The highest BCUT2D eigenvalue weighted by Crippen LogP contribution is 2.30. The number of benzene rings is 1. The van der Waals surface area contributed by atoms with Crippen LogP contribution >= 0.6 is 0 Å². The zero-order chi connectivity index (χ0) is 19.8. The highest BCUT2D eigenvalue weighted by Gasteiger charge is 2.31. The van der Waals surface area contributed by atoms with E-state index in [2.05, 4.69) is 37.3 Å². The van der Waals surface area contributed by atoms with Crippen LogP contribution in [0.1, 0.15) is 33.7 Å². The van der Waals surface area contributed by atoms with Crippen molar-refractivity contribution in [3.8, 4) is 0 Å². The van der Waals surface area contributed by atoms with Gasteiger partial charge in [0.05, 0.1) is 37.6 Å². The van der Waals surface area contributed by atoms with Gasteiger partial charge in [-0.15, -0.1) is 0 Å². The average molecular weight is 382 g/mol. The van der Waals surface area contributed by atoms with Crippen LogP contribution in [0.5, 0.6) is 0 Å². The fourth-order valence-electron chi connectivity index (χ4n) is 4.08. The molecule has 148 valence electrons. The molecule has 1 aromatic carbocycles. The third-order valence-corrected chi connectivity index (χ3v) is 5.66. The summed E-state index contributed by atoms with van der Waals surface area (Å²) in [4.78, 5) is 12.7. The molecule has 0 aliphatic carbocycles. The Morgan fingerprint density at radius 3 is 2.75 bits per heavy atom. The van der Waals surface area contributed by atoms with Crippen molar-refractivity contribution in [3.05, 3.63) is 52.1 Å². The maximum Gasteiger partial charge on any atom is 0.224 e. The van der Waals surface area contributed by atoms with Crippen molar-refractivity contribution < 1.29 is 18.5 Å². The van der Waals surface area contributed by atoms with E-state index >= 15 is 0 Å². The van der Waals surface area contributed by atoms with Crippen molar-refractivity contribution in [2.45, 2.75) is 46.6 Å². The van der Waals surface area contributed by atoms with Crippen LogP contribution in [0.3, 0.4) is 0 Å². The highest BCUT2D eigenvalue weighted by atomic mass is 16.5. The number of ether oxygens (including phenoxy) is 1. The number of aryl methyl sites for hydroxylation is 4. The van der Waals surface area contributed by atoms with Gasteiger partial charge in [-0.25, -0.2) is 0 Å². The smallest absolute Gasteiger partial charge is 0.224 e. The van der Waals surface area contributed by atoms with Gasteiger partial charge < -0.3 is 19.0 Å². The fraction of sp³-hybridized carbons (Fsp3) is 0.455. The molecule has 6 heteroatoms. The number of nitrogens with one attached hydrogen (secondary N) is 1. The summed E-state index contributed by atoms with van der Waals surface area (Å²) in [5, 5.41) is 8.12. The minimum atomic E-state index is -0.0267. The van der Waals surface area contributed by atoms with Crippen LogP contribution < -0.4 is 5.32 Å². The van der Waals surface area contributed by atoms with Gasteiger partial charge in [-0.1, -0.05) is 11.2 Å². The number of rotatable bonds is 5. The molecule has 1 aliphatic heterocycles. The van der Waals surface area contributed by atoms with Crippen molar-refractivity contribution >= 4 is 16.9 Å². The number of carbonyl (C=O) groups excluding carboxylic acids is 1. The molecule has 1 aliphatic rings. The second kappa shape index (κ2) is 7.43. The Labute approximate surface area is 164 Å². The third-order valence-electron chi connectivity index (χ3n) is 5.66. The zero-order valence-corrected chi connectivity index (χ0v) is 16.8. The van der Waals surface area contributed by atoms with Gasteiger partial charge >= 0.3 is 0 Å². The molecule has 0 saturated carbocycles. The zero-order valence-electron chi connectivity index (χ0n) is 16.8. The second-order valence-electron chi connectivity index (χ2n) is 7.89. The first-order valence-electron chi connectivity index (χ1n) is 9.68. The summed E-state index contributed by atoms with van der Waals surface area (Å²) >= 11 is 0. The lowest BCUT2D eigenvalue weighted by Gasteiger charge is -2.18. The van der Waals surface area contributed by atoms with E-state index in [1.165, 1.54) is 5.56 Å². The Balaban J connectivity index is 1.45. The third kappa shape index (κ3) is 3.56. The predicted octanol–water partition coefficient (Wildman–Crippen LogP) is 3.57. The summed E-state index contributed by atoms with van der Waals surface area (Å²) in [6.07, 6.45) is 2.71. The summed E-state index contributed by atoms with van der Waals surface area (Å²) in [6, 6.07) is 4.05. The van der Waals surface area contributed by atoms with Crippen molar-refractivity contribution in [1.82, 2.24) is 10.5 Å². The van der Waals surface area contributed by atoms with E-state index < -0.39 is 0 Å². The number of nitrogens with zero attached hydrogens (tertiary/aromatic N) is 1. The SMILES string of the molecule is Cc1cc(CC2COCC2NC(=O)Cc2coc3c(C)c(C)cc(C)c23)on1. The van der Waals surface area contributed by atoms with Gasteiger partial charge in [0, 0.05) is 29.4 Å². The topological polar surface area (TPSA) is 77.5 Å². The maximum atomic E-state index is 12.7. The molecule has 0 bridgehead atoms. The van der Waals surface area contributed by atoms with Crippen molar-refractivity contribution in [1.29, 1.82) is 0 Å². The Bertz CT molecular complexity index is 1020. The lowest BCUT2D eigenvalue weighted by Crippen LogP contribution is -2.41. The molecule has 1 fully saturated rings. The molecule has 1 amide bonds. The molecular weight excluding hydrogens is 356 g/mol. The van der Waals surface area contributed by atoms with Crippen LogP contribution in [0.4, 0.5) is 0 Å². The molecule has 1 N–H and O–H groups in total.